The first-order chi connectivity index (χ1) is 10.2. The fraction of sp³-hybridized carbons (Fsp3) is 0.550. The summed E-state index contributed by atoms with van der Waals surface area (Å²) in [6.07, 6.45) is 5.35. The van der Waals surface area contributed by atoms with Crippen molar-refractivity contribution >= 4 is 0 Å². The van der Waals surface area contributed by atoms with Gasteiger partial charge in [0.05, 0.1) is 6.20 Å². The molecule has 0 N–H and O–H groups in total. The maximum Gasteiger partial charge on any atom is 0.0568 e. The van der Waals surface area contributed by atoms with Gasteiger partial charge in [0, 0.05) is 38.9 Å². The standard InChI is InChI=1S/C20H30N2.Pt/c1-12(2)9-19-16(7)14(5)15(6)17(8)20(19)18-10-21-22(11-18)13(3)4;/h10-13H,9H2,1-8H3;. The molecule has 2 rings (SSSR count). The molecule has 1 aromatic heterocycles. The molecule has 0 fully saturated rings. The molecule has 23 heavy (non-hydrogen) atoms. The summed E-state index contributed by atoms with van der Waals surface area (Å²) in [7, 11) is 0. The topological polar surface area (TPSA) is 17.8 Å². The van der Waals surface area contributed by atoms with Crippen molar-refractivity contribution in [1.82, 2.24) is 9.78 Å². The van der Waals surface area contributed by atoms with Crippen molar-refractivity contribution in [2.75, 3.05) is 0 Å². The Morgan fingerprint density at radius 1 is 0.913 bits per heavy atom. The minimum Gasteiger partial charge on any atom is -0.270 e. The van der Waals surface area contributed by atoms with E-state index in [1.54, 1.807) is 0 Å². The zero-order valence-corrected chi connectivity index (χ0v) is 18.0. The molecule has 0 spiro atoms. The van der Waals surface area contributed by atoms with Crippen LogP contribution in [0.3, 0.4) is 0 Å². The van der Waals surface area contributed by atoms with Crippen molar-refractivity contribution < 1.29 is 21.1 Å². The van der Waals surface area contributed by atoms with Crippen molar-refractivity contribution in [2.24, 2.45) is 5.92 Å². The van der Waals surface area contributed by atoms with Gasteiger partial charge in [0.1, 0.15) is 0 Å². The molecule has 2 aromatic rings. The van der Waals surface area contributed by atoms with Crippen LogP contribution < -0.4 is 0 Å². The molecule has 1 aromatic carbocycles. The summed E-state index contributed by atoms with van der Waals surface area (Å²) in [5, 5.41) is 4.55. The fourth-order valence-electron chi connectivity index (χ4n) is 3.19. The van der Waals surface area contributed by atoms with Gasteiger partial charge in [-0.3, -0.25) is 4.68 Å². The summed E-state index contributed by atoms with van der Waals surface area (Å²) in [6.45, 7) is 18.0. The molecule has 0 aliphatic heterocycles. The van der Waals surface area contributed by atoms with Gasteiger partial charge in [0.15, 0.2) is 0 Å². The van der Waals surface area contributed by atoms with Crippen LogP contribution in [0.25, 0.3) is 11.1 Å². The minimum absolute atomic E-state index is 0. The molecule has 0 amide bonds. The molecule has 0 aliphatic carbocycles. The third-order valence-electron chi connectivity index (χ3n) is 4.85. The molecule has 0 saturated heterocycles. The summed E-state index contributed by atoms with van der Waals surface area (Å²) < 4.78 is 2.05. The number of benzene rings is 1. The molecule has 0 unspecified atom stereocenters. The molecule has 130 valence electrons. The molecule has 0 radical (unpaired) electrons. The number of hydrogen-bond donors (Lipinski definition) is 0. The van der Waals surface area contributed by atoms with Crippen LogP contribution in [0, 0.1) is 33.6 Å². The van der Waals surface area contributed by atoms with Gasteiger partial charge in [-0.2, -0.15) is 5.10 Å². The second-order valence-electron chi connectivity index (χ2n) is 7.25. The van der Waals surface area contributed by atoms with Crippen molar-refractivity contribution in [3.8, 4) is 11.1 Å². The largest absolute Gasteiger partial charge is 0.270 e. The Labute approximate surface area is 155 Å². The van der Waals surface area contributed by atoms with E-state index < -0.39 is 0 Å². The van der Waals surface area contributed by atoms with E-state index in [9.17, 15) is 0 Å². The Hall–Kier alpha value is -0.882. The van der Waals surface area contributed by atoms with E-state index in [1.807, 2.05) is 6.20 Å². The molecule has 0 aliphatic rings. The van der Waals surface area contributed by atoms with Gasteiger partial charge in [0.25, 0.3) is 0 Å². The Morgan fingerprint density at radius 3 is 1.96 bits per heavy atom. The van der Waals surface area contributed by atoms with Gasteiger partial charge in [-0.1, -0.05) is 13.8 Å². The van der Waals surface area contributed by atoms with Gasteiger partial charge >= 0.3 is 0 Å². The van der Waals surface area contributed by atoms with E-state index in [1.165, 1.54) is 38.9 Å². The third kappa shape index (κ3) is 3.97. The molecular weight excluding hydrogens is 463 g/mol. The van der Waals surface area contributed by atoms with Crippen LogP contribution in [-0.4, -0.2) is 9.78 Å². The first-order valence-corrected chi connectivity index (χ1v) is 8.37. The summed E-state index contributed by atoms with van der Waals surface area (Å²) in [4.78, 5) is 0. The number of hydrogen-bond acceptors (Lipinski definition) is 1. The Bertz CT molecular complexity index is 681. The van der Waals surface area contributed by atoms with Crippen LogP contribution in [0.2, 0.25) is 0 Å². The molecule has 1 heterocycles. The van der Waals surface area contributed by atoms with Gasteiger partial charge < -0.3 is 0 Å². The zero-order valence-electron chi connectivity index (χ0n) is 15.7. The Morgan fingerprint density at radius 2 is 1.48 bits per heavy atom. The summed E-state index contributed by atoms with van der Waals surface area (Å²) in [6, 6.07) is 0.398. The SMILES string of the molecule is Cc1c(C)c(C)c(-c2cnn(C(C)C)c2)c(CC(C)C)c1C.[Pt]. The summed E-state index contributed by atoms with van der Waals surface area (Å²) >= 11 is 0. The van der Waals surface area contributed by atoms with E-state index in [4.69, 9.17) is 0 Å². The number of rotatable bonds is 4. The minimum atomic E-state index is 0. The quantitative estimate of drug-likeness (QED) is 0.545. The molecule has 0 bridgehead atoms. The normalized spacial score (nSPS) is 11.2. The maximum atomic E-state index is 4.55. The Kier molecular flexibility index (Phi) is 6.83. The van der Waals surface area contributed by atoms with Gasteiger partial charge in [-0.15, -0.1) is 0 Å². The van der Waals surface area contributed by atoms with Crippen molar-refractivity contribution in [1.29, 1.82) is 0 Å². The summed E-state index contributed by atoms with van der Waals surface area (Å²) in [5.74, 6) is 0.652. The monoisotopic (exact) mass is 493 g/mol. The van der Waals surface area contributed by atoms with Gasteiger partial charge in [-0.25, -0.2) is 0 Å². The Balaban J connectivity index is 0.00000264. The van der Waals surface area contributed by atoms with Crippen LogP contribution in [-0.2, 0) is 27.5 Å². The van der Waals surface area contributed by atoms with Crippen LogP contribution in [0.4, 0.5) is 0 Å². The van der Waals surface area contributed by atoms with E-state index in [2.05, 4.69) is 71.4 Å². The van der Waals surface area contributed by atoms with Crippen LogP contribution in [0.15, 0.2) is 12.4 Å². The predicted octanol–water partition coefficient (Wildman–Crippen LogP) is 5.56. The average Bonchev–Trinajstić information content (AvgIpc) is 2.92. The third-order valence-corrected chi connectivity index (χ3v) is 4.85. The molecule has 2 nitrogen and oxygen atoms in total. The maximum absolute atomic E-state index is 4.55. The first kappa shape index (κ1) is 20.2. The van der Waals surface area contributed by atoms with Crippen molar-refractivity contribution in [2.45, 2.75) is 67.9 Å². The smallest absolute Gasteiger partial charge is 0.0568 e. The second-order valence-corrected chi connectivity index (χ2v) is 7.25. The van der Waals surface area contributed by atoms with E-state index in [-0.39, 0.29) is 21.1 Å². The number of nitrogens with zero attached hydrogens (tertiary/aromatic N) is 2. The fourth-order valence-corrected chi connectivity index (χ4v) is 3.19. The van der Waals surface area contributed by atoms with Gasteiger partial charge in [0.2, 0.25) is 0 Å². The van der Waals surface area contributed by atoms with Crippen LogP contribution >= 0.6 is 0 Å². The molecule has 0 saturated carbocycles. The average molecular weight is 494 g/mol. The van der Waals surface area contributed by atoms with Gasteiger partial charge in [-0.05, 0) is 87.3 Å². The van der Waals surface area contributed by atoms with Crippen LogP contribution in [0.5, 0.6) is 0 Å². The molecule has 3 heteroatoms. The van der Waals surface area contributed by atoms with Crippen molar-refractivity contribution in [3.05, 3.63) is 40.2 Å². The van der Waals surface area contributed by atoms with E-state index >= 15 is 0 Å². The molecular formula is C20H30N2Pt. The first-order valence-electron chi connectivity index (χ1n) is 8.37. The van der Waals surface area contributed by atoms with Crippen LogP contribution in [0.1, 0.15) is 61.6 Å². The van der Waals surface area contributed by atoms with Crippen molar-refractivity contribution in [3.63, 3.8) is 0 Å². The molecule has 0 atom stereocenters. The predicted molar refractivity (Wildman–Crippen MR) is 95.5 cm³/mol. The van der Waals surface area contributed by atoms with E-state index in [0.717, 1.165) is 6.42 Å². The summed E-state index contributed by atoms with van der Waals surface area (Å²) in [5.41, 5.74) is 9.87. The number of aromatic nitrogens is 2. The second kappa shape index (κ2) is 7.79. The van der Waals surface area contributed by atoms with E-state index in [0.29, 0.717) is 12.0 Å². The zero-order chi connectivity index (χ0) is 16.6.